The van der Waals surface area contributed by atoms with Gasteiger partial charge in [-0.25, -0.2) is 0 Å². The minimum atomic E-state index is -0.326. The van der Waals surface area contributed by atoms with E-state index in [1.165, 1.54) is 0 Å². The van der Waals surface area contributed by atoms with E-state index >= 15 is 0 Å². The first-order chi connectivity index (χ1) is 12.1. The maximum Gasteiger partial charge on any atom is 0.205 e. The van der Waals surface area contributed by atoms with Crippen LogP contribution >= 0.6 is 11.6 Å². The molecule has 5 heteroatoms. The SMILES string of the molecule is CCN(CC)c1ccc2c(c1)OC(N)=C(C#N)[C@@H]2c1ccccc1Cl. The Bertz CT molecular complexity index is 865. The Kier molecular flexibility index (Phi) is 4.87. The van der Waals surface area contributed by atoms with Crippen molar-refractivity contribution in [1.29, 1.82) is 5.26 Å². The molecule has 0 radical (unpaired) electrons. The number of halogens is 1. The molecule has 1 aliphatic rings. The Balaban J connectivity index is 2.17. The number of hydrogen-bond donors (Lipinski definition) is 1. The van der Waals surface area contributed by atoms with Crippen LogP contribution in [0, 0.1) is 11.3 Å². The third-order valence-corrected chi connectivity index (χ3v) is 4.89. The fourth-order valence-corrected chi connectivity index (χ4v) is 3.50. The Morgan fingerprint density at radius 3 is 2.52 bits per heavy atom. The van der Waals surface area contributed by atoms with E-state index in [4.69, 9.17) is 22.1 Å². The summed E-state index contributed by atoms with van der Waals surface area (Å²) >= 11 is 6.40. The molecule has 1 atom stereocenters. The van der Waals surface area contributed by atoms with Gasteiger partial charge in [0.15, 0.2) is 0 Å². The molecule has 0 unspecified atom stereocenters. The van der Waals surface area contributed by atoms with E-state index in [2.05, 4.69) is 30.9 Å². The molecule has 128 valence electrons. The van der Waals surface area contributed by atoms with Crippen molar-refractivity contribution in [1.82, 2.24) is 0 Å². The zero-order chi connectivity index (χ0) is 18.0. The fourth-order valence-electron chi connectivity index (χ4n) is 3.26. The normalized spacial score (nSPS) is 16.0. The smallest absolute Gasteiger partial charge is 0.205 e. The van der Waals surface area contributed by atoms with Gasteiger partial charge in [0.2, 0.25) is 5.88 Å². The number of ether oxygens (including phenoxy) is 1. The highest BCUT2D eigenvalue weighted by Gasteiger charge is 2.32. The average molecular weight is 354 g/mol. The quantitative estimate of drug-likeness (QED) is 0.884. The van der Waals surface area contributed by atoms with E-state index in [1.807, 2.05) is 36.4 Å². The molecule has 1 heterocycles. The van der Waals surface area contributed by atoms with Crippen molar-refractivity contribution in [3.63, 3.8) is 0 Å². The lowest BCUT2D eigenvalue weighted by Gasteiger charge is -2.29. The lowest BCUT2D eigenvalue weighted by Crippen LogP contribution is -2.24. The zero-order valence-corrected chi connectivity index (χ0v) is 15.0. The number of nitriles is 1. The molecular formula is C20H20ClN3O. The van der Waals surface area contributed by atoms with Crippen molar-refractivity contribution in [2.75, 3.05) is 18.0 Å². The third kappa shape index (κ3) is 3.04. The Morgan fingerprint density at radius 2 is 1.88 bits per heavy atom. The van der Waals surface area contributed by atoms with Gasteiger partial charge in [0.1, 0.15) is 17.4 Å². The first-order valence-corrected chi connectivity index (χ1v) is 8.69. The maximum absolute atomic E-state index is 9.61. The zero-order valence-electron chi connectivity index (χ0n) is 14.3. The second-order valence-electron chi connectivity index (χ2n) is 5.84. The second kappa shape index (κ2) is 7.08. The summed E-state index contributed by atoms with van der Waals surface area (Å²) in [6.07, 6.45) is 0. The highest BCUT2D eigenvalue weighted by molar-refractivity contribution is 6.31. The number of rotatable bonds is 4. The lowest BCUT2D eigenvalue weighted by atomic mass is 9.83. The van der Waals surface area contributed by atoms with Gasteiger partial charge in [-0.2, -0.15) is 5.26 Å². The number of nitrogens with zero attached hydrogens (tertiary/aromatic N) is 2. The van der Waals surface area contributed by atoms with E-state index in [-0.39, 0.29) is 11.8 Å². The number of benzene rings is 2. The minimum Gasteiger partial charge on any atom is -0.440 e. The summed E-state index contributed by atoms with van der Waals surface area (Å²) in [5.41, 5.74) is 9.25. The minimum absolute atomic E-state index is 0.136. The molecule has 0 saturated heterocycles. The molecule has 2 aromatic rings. The monoisotopic (exact) mass is 353 g/mol. The molecule has 3 rings (SSSR count). The van der Waals surface area contributed by atoms with Crippen molar-refractivity contribution in [2.45, 2.75) is 19.8 Å². The van der Waals surface area contributed by atoms with Crippen LogP contribution in [0.4, 0.5) is 5.69 Å². The predicted molar refractivity (Wildman–Crippen MR) is 101 cm³/mol. The highest BCUT2D eigenvalue weighted by atomic mass is 35.5. The topological polar surface area (TPSA) is 62.3 Å². The highest BCUT2D eigenvalue weighted by Crippen LogP contribution is 2.45. The molecule has 0 fully saturated rings. The van der Waals surface area contributed by atoms with E-state index in [1.54, 1.807) is 0 Å². The van der Waals surface area contributed by atoms with Gasteiger partial charge in [0, 0.05) is 35.4 Å². The first-order valence-electron chi connectivity index (χ1n) is 8.31. The van der Waals surface area contributed by atoms with Gasteiger partial charge in [-0.1, -0.05) is 35.9 Å². The molecule has 0 aliphatic carbocycles. The number of hydrogen-bond acceptors (Lipinski definition) is 4. The number of fused-ring (bicyclic) bond motifs is 1. The van der Waals surface area contributed by atoms with Crippen LogP contribution in [0.2, 0.25) is 5.02 Å². The van der Waals surface area contributed by atoms with E-state index < -0.39 is 0 Å². The van der Waals surface area contributed by atoms with Gasteiger partial charge in [0.25, 0.3) is 0 Å². The second-order valence-corrected chi connectivity index (χ2v) is 6.25. The van der Waals surface area contributed by atoms with Crippen molar-refractivity contribution < 1.29 is 4.74 Å². The first kappa shape index (κ1) is 17.2. The van der Waals surface area contributed by atoms with Gasteiger partial charge in [-0.3, -0.25) is 0 Å². The van der Waals surface area contributed by atoms with Crippen molar-refractivity contribution in [2.24, 2.45) is 5.73 Å². The van der Waals surface area contributed by atoms with Crippen LogP contribution in [0.25, 0.3) is 0 Å². The molecule has 0 saturated carbocycles. The molecule has 25 heavy (non-hydrogen) atoms. The summed E-state index contributed by atoms with van der Waals surface area (Å²) in [6.45, 7) is 6.02. The van der Waals surface area contributed by atoms with Gasteiger partial charge in [-0.05, 0) is 31.5 Å². The van der Waals surface area contributed by atoms with E-state index in [0.29, 0.717) is 16.3 Å². The van der Waals surface area contributed by atoms with Crippen LogP contribution in [-0.2, 0) is 0 Å². The number of allylic oxidation sites excluding steroid dienone is 1. The van der Waals surface area contributed by atoms with Crippen molar-refractivity contribution >= 4 is 17.3 Å². The van der Waals surface area contributed by atoms with Gasteiger partial charge < -0.3 is 15.4 Å². The Hall–Kier alpha value is -2.64. The van der Waals surface area contributed by atoms with Crippen LogP contribution < -0.4 is 15.4 Å². The molecule has 0 bridgehead atoms. The fraction of sp³-hybridized carbons (Fsp3) is 0.250. The molecule has 0 aromatic heterocycles. The summed E-state index contributed by atoms with van der Waals surface area (Å²) in [7, 11) is 0. The molecule has 2 N–H and O–H groups in total. The molecular weight excluding hydrogens is 334 g/mol. The average Bonchev–Trinajstić information content (AvgIpc) is 2.62. The van der Waals surface area contributed by atoms with Crippen molar-refractivity contribution in [3.05, 3.63) is 70.1 Å². The van der Waals surface area contributed by atoms with E-state index in [0.717, 1.165) is 29.9 Å². The van der Waals surface area contributed by atoms with E-state index in [9.17, 15) is 5.26 Å². The van der Waals surface area contributed by atoms with Gasteiger partial charge in [-0.15, -0.1) is 0 Å². The van der Waals surface area contributed by atoms with Crippen molar-refractivity contribution in [3.8, 4) is 11.8 Å². The standard InChI is InChI=1S/C20H20ClN3O/c1-3-24(4-2)13-9-10-15-18(11-13)25-20(23)16(12-22)19(15)14-7-5-6-8-17(14)21/h5-11,19H,3-4,23H2,1-2H3/t19-/m1/s1. The molecule has 2 aromatic carbocycles. The summed E-state index contributed by atoms with van der Waals surface area (Å²) in [6, 6.07) is 15.7. The summed E-state index contributed by atoms with van der Waals surface area (Å²) in [4.78, 5) is 2.23. The van der Waals surface area contributed by atoms with Crippen LogP contribution in [0.5, 0.6) is 5.75 Å². The largest absolute Gasteiger partial charge is 0.440 e. The molecule has 4 nitrogen and oxygen atoms in total. The van der Waals surface area contributed by atoms with Gasteiger partial charge in [0.05, 0.1) is 5.92 Å². The van der Waals surface area contributed by atoms with Crippen LogP contribution in [-0.4, -0.2) is 13.1 Å². The van der Waals surface area contributed by atoms with Crippen LogP contribution in [0.1, 0.15) is 30.9 Å². The number of nitrogens with two attached hydrogens (primary N) is 1. The summed E-state index contributed by atoms with van der Waals surface area (Å²) in [5.74, 6) is 0.482. The Morgan fingerprint density at radius 1 is 1.16 bits per heavy atom. The third-order valence-electron chi connectivity index (χ3n) is 4.55. The summed E-state index contributed by atoms with van der Waals surface area (Å²) in [5, 5.41) is 10.2. The maximum atomic E-state index is 9.61. The van der Waals surface area contributed by atoms with Crippen LogP contribution in [0.15, 0.2) is 53.9 Å². The number of anilines is 1. The molecule has 0 amide bonds. The predicted octanol–water partition coefficient (Wildman–Crippen LogP) is 4.40. The summed E-state index contributed by atoms with van der Waals surface area (Å²) < 4.78 is 5.77. The van der Waals surface area contributed by atoms with Gasteiger partial charge >= 0.3 is 0 Å². The lowest BCUT2D eigenvalue weighted by molar-refractivity contribution is 0.393. The molecule has 1 aliphatic heterocycles. The van der Waals surface area contributed by atoms with Crippen LogP contribution in [0.3, 0.4) is 0 Å². The molecule has 0 spiro atoms. The Labute approximate surface area is 153 Å².